The van der Waals surface area contributed by atoms with Gasteiger partial charge in [0.05, 0.1) is 11.4 Å². The number of anilines is 1. The van der Waals surface area contributed by atoms with E-state index in [9.17, 15) is 9.90 Å². The van der Waals surface area contributed by atoms with E-state index in [2.05, 4.69) is 15.5 Å². The Balaban J connectivity index is 2.48. The third-order valence-electron chi connectivity index (χ3n) is 2.10. The molecule has 0 bridgehead atoms. The van der Waals surface area contributed by atoms with Gasteiger partial charge >= 0.3 is 0 Å². The van der Waals surface area contributed by atoms with Crippen molar-refractivity contribution in [1.82, 2.24) is 10.2 Å². The third-order valence-corrected chi connectivity index (χ3v) is 2.10. The molecule has 0 saturated carbocycles. The van der Waals surface area contributed by atoms with E-state index < -0.39 is 0 Å². The van der Waals surface area contributed by atoms with Gasteiger partial charge < -0.3 is 10.4 Å². The van der Waals surface area contributed by atoms with E-state index in [0.29, 0.717) is 11.3 Å². The Hall–Kier alpha value is -2.30. The van der Waals surface area contributed by atoms with Crippen LogP contribution in [-0.2, 0) is 4.79 Å². The van der Waals surface area contributed by atoms with Crippen molar-refractivity contribution in [3.8, 4) is 17.0 Å². The molecule has 0 aliphatic rings. The molecule has 0 saturated heterocycles. The fourth-order valence-electron chi connectivity index (χ4n) is 1.46. The summed E-state index contributed by atoms with van der Waals surface area (Å²) in [5, 5.41) is 18.7. The summed E-state index contributed by atoms with van der Waals surface area (Å²) >= 11 is 0. The molecule has 0 aliphatic carbocycles. The molecule has 16 heavy (non-hydrogen) atoms. The van der Waals surface area contributed by atoms with E-state index in [0.717, 1.165) is 5.69 Å². The first-order valence-corrected chi connectivity index (χ1v) is 4.77. The van der Waals surface area contributed by atoms with Crippen LogP contribution in [0.15, 0.2) is 30.5 Å². The summed E-state index contributed by atoms with van der Waals surface area (Å²) < 4.78 is 0. The van der Waals surface area contributed by atoms with Gasteiger partial charge in [-0.3, -0.25) is 9.89 Å². The second-order valence-corrected chi connectivity index (χ2v) is 3.38. The molecular formula is C11H11N3O2. The quantitative estimate of drug-likeness (QED) is 0.670. The largest absolute Gasteiger partial charge is 0.508 e. The van der Waals surface area contributed by atoms with Crippen molar-refractivity contribution < 1.29 is 9.90 Å². The Labute approximate surface area is 92.1 Å². The maximum atomic E-state index is 11.0. The number of H-pyrrole nitrogens is 1. The molecule has 0 radical (unpaired) electrons. The van der Waals surface area contributed by atoms with E-state index in [-0.39, 0.29) is 11.7 Å². The van der Waals surface area contributed by atoms with Crippen molar-refractivity contribution in [2.75, 3.05) is 5.32 Å². The second kappa shape index (κ2) is 4.06. The number of carbonyl (C=O) groups is 1. The van der Waals surface area contributed by atoms with Crippen LogP contribution in [0.5, 0.6) is 5.75 Å². The summed E-state index contributed by atoms with van der Waals surface area (Å²) in [4.78, 5) is 11.0. The van der Waals surface area contributed by atoms with E-state index >= 15 is 0 Å². The topological polar surface area (TPSA) is 78.0 Å². The summed E-state index contributed by atoms with van der Waals surface area (Å²) in [6.45, 7) is 1.43. The van der Waals surface area contributed by atoms with E-state index in [1.807, 2.05) is 0 Å². The van der Waals surface area contributed by atoms with Crippen LogP contribution in [0.25, 0.3) is 11.3 Å². The molecule has 1 aromatic heterocycles. The van der Waals surface area contributed by atoms with Gasteiger partial charge in [-0.05, 0) is 24.3 Å². The van der Waals surface area contributed by atoms with Gasteiger partial charge in [0.1, 0.15) is 5.75 Å². The Bertz CT molecular complexity index is 506. The molecule has 3 N–H and O–H groups in total. The molecule has 2 rings (SSSR count). The van der Waals surface area contributed by atoms with Crippen molar-refractivity contribution in [3.05, 3.63) is 30.5 Å². The minimum atomic E-state index is -0.161. The first-order chi connectivity index (χ1) is 7.66. The Morgan fingerprint density at radius 1 is 1.44 bits per heavy atom. The average molecular weight is 217 g/mol. The van der Waals surface area contributed by atoms with Crippen molar-refractivity contribution >= 4 is 11.6 Å². The Morgan fingerprint density at radius 2 is 2.25 bits per heavy atom. The van der Waals surface area contributed by atoms with Gasteiger partial charge in [-0.1, -0.05) is 0 Å². The van der Waals surface area contributed by atoms with E-state index in [1.165, 1.54) is 13.0 Å². The highest BCUT2D eigenvalue weighted by atomic mass is 16.3. The minimum absolute atomic E-state index is 0.138. The van der Waals surface area contributed by atoms with Crippen LogP contribution in [-0.4, -0.2) is 21.2 Å². The number of benzene rings is 1. The summed E-state index contributed by atoms with van der Waals surface area (Å²) in [6.07, 6.45) is 1.61. The number of phenolic OH excluding ortho intramolecular Hbond substituents is 1. The summed E-state index contributed by atoms with van der Waals surface area (Å²) in [5.41, 5.74) is 2.07. The SMILES string of the molecule is CC(=O)Nc1ccc(O)cc1-c1ccn[nH]1. The second-order valence-electron chi connectivity index (χ2n) is 3.38. The molecule has 5 nitrogen and oxygen atoms in total. The smallest absolute Gasteiger partial charge is 0.221 e. The fourth-order valence-corrected chi connectivity index (χ4v) is 1.46. The number of nitrogens with one attached hydrogen (secondary N) is 2. The monoisotopic (exact) mass is 217 g/mol. The van der Waals surface area contributed by atoms with Crippen LogP contribution in [0.2, 0.25) is 0 Å². The lowest BCUT2D eigenvalue weighted by Gasteiger charge is -2.08. The zero-order valence-corrected chi connectivity index (χ0v) is 8.69. The molecule has 1 heterocycles. The molecule has 0 unspecified atom stereocenters. The van der Waals surface area contributed by atoms with Crippen LogP contribution in [0, 0.1) is 0 Å². The summed E-state index contributed by atoms with van der Waals surface area (Å²) in [6, 6.07) is 6.50. The minimum Gasteiger partial charge on any atom is -0.508 e. The first-order valence-electron chi connectivity index (χ1n) is 4.77. The molecule has 1 aromatic carbocycles. The predicted molar refractivity (Wildman–Crippen MR) is 60.0 cm³/mol. The number of rotatable bonds is 2. The zero-order valence-electron chi connectivity index (χ0n) is 8.69. The maximum absolute atomic E-state index is 11.0. The first kappa shape index (κ1) is 10.2. The number of aromatic amines is 1. The Kier molecular flexibility index (Phi) is 2.59. The Morgan fingerprint density at radius 3 is 2.88 bits per heavy atom. The summed E-state index contributed by atoms with van der Waals surface area (Å²) in [7, 11) is 0. The lowest BCUT2D eigenvalue weighted by atomic mass is 10.1. The predicted octanol–water partition coefficient (Wildman–Crippen LogP) is 1.74. The number of hydrogen-bond acceptors (Lipinski definition) is 3. The highest BCUT2D eigenvalue weighted by molar-refractivity contribution is 5.93. The van der Waals surface area contributed by atoms with Gasteiger partial charge in [0.25, 0.3) is 0 Å². The number of hydrogen-bond donors (Lipinski definition) is 3. The molecule has 2 aromatic rings. The lowest BCUT2D eigenvalue weighted by Crippen LogP contribution is -2.06. The van der Waals surface area contributed by atoms with Gasteiger partial charge in [0, 0.05) is 18.7 Å². The summed E-state index contributed by atoms with van der Waals surface area (Å²) in [5.74, 6) is -0.0230. The van der Waals surface area contributed by atoms with Crippen LogP contribution in [0.3, 0.4) is 0 Å². The van der Waals surface area contributed by atoms with Crippen LogP contribution in [0.4, 0.5) is 5.69 Å². The molecule has 0 fully saturated rings. The van der Waals surface area contributed by atoms with Gasteiger partial charge in [0.2, 0.25) is 5.91 Å². The molecular weight excluding hydrogens is 206 g/mol. The van der Waals surface area contributed by atoms with Crippen molar-refractivity contribution in [2.24, 2.45) is 0 Å². The molecule has 0 aliphatic heterocycles. The normalized spacial score (nSPS) is 10.1. The number of carbonyl (C=O) groups excluding carboxylic acids is 1. The molecule has 1 amide bonds. The molecule has 0 spiro atoms. The van der Waals surface area contributed by atoms with Crippen LogP contribution in [0.1, 0.15) is 6.92 Å². The maximum Gasteiger partial charge on any atom is 0.221 e. The van der Waals surface area contributed by atoms with Gasteiger partial charge in [-0.25, -0.2) is 0 Å². The van der Waals surface area contributed by atoms with Gasteiger partial charge in [0.15, 0.2) is 0 Å². The van der Waals surface area contributed by atoms with Gasteiger partial charge in [-0.2, -0.15) is 5.10 Å². The zero-order chi connectivity index (χ0) is 11.5. The molecule has 5 heteroatoms. The number of nitrogens with zero attached hydrogens (tertiary/aromatic N) is 1. The lowest BCUT2D eigenvalue weighted by molar-refractivity contribution is -0.114. The number of amides is 1. The molecule has 0 atom stereocenters. The number of aromatic nitrogens is 2. The van der Waals surface area contributed by atoms with Crippen molar-refractivity contribution in [1.29, 1.82) is 0 Å². The van der Waals surface area contributed by atoms with E-state index in [1.54, 1.807) is 24.4 Å². The fraction of sp³-hybridized carbons (Fsp3) is 0.0909. The highest BCUT2D eigenvalue weighted by Crippen LogP contribution is 2.29. The van der Waals surface area contributed by atoms with Gasteiger partial charge in [-0.15, -0.1) is 0 Å². The number of phenols is 1. The third kappa shape index (κ3) is 2.03. The van der Waals surface area contributed by atoms with Crippen molar-refractivity contribution in [3.63, 3.8) is 0 Å². The highest BCUT2D eigenvalue weighted by Gasteiger charge is 2.08. The van der Waals surface area contributed by atoms with E-state index in [4.69, 9.17) is 0 Å². The average Bonchev–Trinajstić information content (AvgIpc) is 2.73. The van der Waals surface area contributed by atoms with Crippen molar-refractivity contribution in [2.45, 2.75) is 6.92 Å². The standard InChI is InChI=1S/C11H11N3O2/c1-7(15)13-10-3-2-8(16)6-9(10)11-4-5-12-14-11/h2-6,16H,1H3,(H,12,14)(H,13,15). The molecule has 82 valence electrons. The van der Waals surface area contributed by atoms with Crippen LogP contribution >= 0.6 is 0 Å². The number of aromatic hydroxyl groups is 1. The van der Waals surface area contributed by atoms with Crippen LogP contribution < -0.4 is 5.32 Å².